The highest BCUT2D eigenvalue weighted by atomic mass is 16.5. The summed E-state index contributed by atoms with van der Waals surface area (Å²) in [5, 5.41) is 2.93. The summed E-state index contributed by atoms with van der Waals surface area (Å²) >= 11 is 0. The molecule has 0 unspecified atom stereocenters. The summed E-state index contributed by atoms with van der Waals surface area (Å²) < 4.78 is 5.40. The standard InChI is InChI=1S/C21H31N3O3/c1-15-16(2)19(27-3)8-7-17(15)14-24-12-9-22-21(26)18(24)13-20(25)23-10-5-4-6-11-23/h7-8,18H,4-6,9-14H2,1-3H3,(H,22,26)/t18-/m1/s1. The van der Waals surface area contributed by atoms with Crippen molar-refractivity contribution in [2.45, 2.75) is 52.1 Å². The van der Waals surface area contributed by atoms with Gasteiger partial charge >= 0.3 is 0 Å². The van der Waals surface area contributed by atoms with Crippen molar-refractivity contribution >= 4 is 11.8 Å². The van der Waals surface area contributed by atoms with E-state index in [2.05, 4.69) is 30.1 Å². The van der Waals surface area contributed by atoms with E-state index < -0.39 is 6.04 Å². The predicted molar refractivity (Wildman–Crippen MR) is 105 cm³/mol. The van der Waals surface area contributed by atoms with Crippen molar-refractivity contribution in [2.24, 2.45) is 0 Å². The number of amides is 2. The second-order valence-corrected chi connectivity index (χ2v) is 7.60. The van der Waals surface area contributed by atoms with E-state index in [9.17, 15) is 9.59 Å². The molecule has 1 N–H and O–H groups in total. The van der Waals surface area contributed by atoms with E-state index in [4.69, 9.17) is 4.74 Å². The van der Waals surface area contributed by atoms with Crippen molar-refractivity contribution < 1.29 is 14.3 Å². The highest BCUT2D eigenvalue weighted by Gasteiger charge is 2.33. The van der Waals surface area contributed by atoms with Gasteiger partial charge in [0, 0.05) is 32.7 Å². The smallest absolute Gasteiger partial charge is 0.237 e. The van der Waals surface area contributed by atoms with Crippen molar-refractivity contribution in [1.29, 1.82) is 0 Å². The maximum absolute atomic E-state index is 12.7. The molecule has 1 atom stereocenters. The van der Waals surface area contributed by atoms with Crippen LogP contribution in [0.25, 0.3) is 0 Å². The SMILES string of the molecule is COc1ccc(CN2CCNC(=O)[C@H]2CC(=O)N2CCCCC2)c(C)c1C. The summed E-state index contributed by atoms with van der Waals surface area (Å²) in [6.07, 6.45) is 3.59. The summed E-state index contributed by atoms with van der Waals surface area (Å²) in [6, 6.07) is 3.65. The van der Waals surface area contributed by atoms with Crippen LogP contribution >= 0.6 is 0 Å². The number of likely N-dealkylation sites (tertiary alicyclic amines) is 1. The van der Waals surface area contributed by atoms with Gasteiger partial charge in [-0.05, 0) is 55.9 Å². The first-order chi connectivity index (χ1) is 13.0. The van der Waals surface area contributed by atoms with Crippen molar-refractivity contribution in [1.82, 2.24) is 15.1 Å². The van der Waals surface area contributed by atoms with E-state index in [0.29, 0.717) is 13.1 Å². The predicted octanol–water partition coefficient (Wildman–Crippen LogP) is 2.02. The average Bonchev–Trinajstić information content (AvgIpc) is 2.69. The Bertz CT molecular complexity index is 698. The second kappa shape index (κ2) is 8.74. The van der Waals surface area contributed by atoms with Crippen molar-refractivity contribution in [2.75, 3.05) is 33.3 Å². The molecule has 6 heteroatoms. The van der Waals surface area contributed by atoms with E-state index in [0.717, 1.165) is 43.8 Å². The van der Waals surface area contributed by atoms with Crippen LogP contribution in [0, 0.1) is 13.8 Å². The van der Waals surface area contributed by atoms with Crippen molar-refractivity contribution in [3.8, 4) is 5.75 Å². The maximum atomic E-state index is 12.7. The highest BCUT2D eigenvalue weighted by Crippen LogP contribution is 2.26. The molecule has 1 aromatic rings. The molecule has 0 aromatic heterocycles. The number of rotatable bonds is 5. The number of hydrogen-bond acceptors (Lipinski definition) is 4. The number of piperidine rings is 1. The number of nitrogens with one attached hydrogen (secondary N) is 1. The molecule has 2 amide bonds. The molecule has 6 nitrogen and oxygen atoms in total. The van der Waals surface area contributed by atoms with Gasteiger partial charge in [0.2, 0.25) is 11.8 Å². The van der Waals surface area contributed by atoms with Crippen LogP contribution in [0.5, 0.6) is 5.75 Å². The minimum Gasteiger partial charge on any atom is -0.496 e. The number of methoxy groups -OCH3 is 1. The summed E-state index contributed by atoms with van der Waals surface area (Å²) in [6.45, 7) is 7.84. The van der Waals surface area contributed by atoms with Crippen LogP contribution in [0.4, 0.5) is 0 Å². The van der Waals surface area contributed by atoms with Gasteiger partial charge in [-0.15, -0.1) is 0 Å². The van der Waals surface area contributed by atoms with Crippen LogP contribution in [0.1, 0.15) is 42.4 Å². The van der Waals surface area contributed by atoms with Crippen molar-refractivity contribution in [3.63, 3.8) is 0 Å². The van der Waals surface area contributed by atoms with Crippen LogP contribution in [-0.4, -0.2) is 60.9 Å². The first-order valence-corrected chi connectivity index (χ1v) is 9.94. The quantitative estimate of drug-likeness (QED) is 0.858. The van der Waals surface area contributed by atoms with Gasteiger partial charge in [-0.3, -0.25) is 14.5 Å². The number of ether oxygens (including phenoxy) is 1. The third-order valence-corrected chi connectivity index (χ3v) is 5.96. The van der Waals surface area contributed by atoms with E-state index >= 15 is 0 Å². The first kappa shape index (κ1) is 19.7. The Hall–Kier alpha value is -2.08. The van der Waals surface area contributed by atoms with Gasteiger partial charge in [-0.25, -0.2) is 0 Å². The molecule has 2 saturated heterocycles. The normalized spacial score (nSPS) is 21.1. The minimum absolute atomic E-state index is 0.0329. The Morgan fingerprint density at radius 1 is 1.15 bits per heavy atom. The second-order valence-electron chi connectivity index (χ2n) is 7.60. The Balaban J connectivity index is 1.73. The fourth-order valence-electron chi connectivity index (χ4n) is 4.07. The topological polar surface area (TPSA) is 61.9 Å². The number of piperazine rings is 1. The van der Waals surface area contributed by atoms with Crippen LogP contribution < -0.4 is 10.1 Å². The zero-order valence-electron chi connectivity index (χ0n) is 16.7. The lowest BCUT2D eigenvalue weighted by Crippen LogP contribution is -2.56. The summed E-state index contributed by atoms with van der Waals surface area (Å²) in [7, 11) is 1.68. The number of hydrogen-bond donors (Lipinski definition) is 1. The van der Waals surface area contributed by atoms with Gasteiger partial charge in [-0.2, -0.15) is 0 Å². The molecule has 3 rings (SSSR count). The molecule has 0 saturated carbocycles. The third kappa shape index (κ3) is 4.43. The van der Waals surface area contributed by atoms with Crippen LogP contribution in [0.2, 0.25) is 0 Å². The summed E-state index contributed by atoms with van der Waals surface area (Å²) in [4.78, 5) is 29.3. The van der Waals surface area contributed by atoms with Crippen LogP contribution in [0.3, 0.4) is 0 Å². The van der Waals surface area contributed by atoms with E-state index in [-0.39, 0.29) is 18.2 Å². The maximum Gasteiger partial charge on any atom is 0.237 e. The monoisotopic (exact) mass is 373 g/mol. The van der Waals surface area contributed by atoms with E-state index in [1.54, 1.807) is 7.11 Å². The van der Waals surface area contributed by atoms with Gasteiger partial charge in [0.1, 0.15) is 5.75 Å². The summed E-state index contributed by atoms with van der Waals surface area (Å²) in [5.41, 5.74) is 3.48. The van der Waals surface area contributed by atoms with Gasteiger partial charge in [0.25, 0.3) is 0 Å². The van der Waals surface area contributed by atoms with Crippen molar-refractivity contribution in [3.05, 3.63) is 28.8 Å². The van der Waals surface area contributed by atoms with E-state index in [1.165, 1.54) is 17.5 Å². The van der Waals surface area contributed by atoms with Gasteiger partial charge < -0.3 is 15.0 Å². The third-order valence-electron chi connectivity index (χ3n) is 5.96. The lowest BCUT2D eigenvalue weighted by molar-refractivity contribution is -0.139. The Labute approximate surface area is 161 Å². The summed E-state index contributed by atoms with van der Waals surface area (Å²) in [5.74, 6) is 0.948. The fourth-order valence-corrected chi connectivity index (χ4v) is 4.07. The zero-order valence-corrected chi connectivity index (χ0v) is 16.7. The molecule has 2 aliphatic rings. The molecular formula is C21H31N3O3. The van der Waals surface area contributed by atoms with Crippen LogP contribution in [-0.2, 0) is 16.1 Å². The Morgan fingerprint density at radius 3 is 2.59 bits per heavy atom. The molecule has 2 fully saturated rings. The highest BCUT2D eigenvalue weighted by molar-refractivity contribution is 5.88. The number of benzene rings is 1. The van der Waals surface area contributed by atoms with E-state index in [1.807, 2.05) is 11.0 Å². The molecule has 2 heterocycles. The fraction of sp³-hybridized carbons (Fsp3) is 0.619. The number of carbonyl (C=O) groups excluding carboxylic acids is 2. The zero-order chi connectivity index (χ0) is 19.4. The Morgan fingerprint density at radius 2 is 1.89 bits per heavy atom. The lowest BCUT2D eigenvalue weighted by Gasteiger charge is -2.36. The molecule has 0 bridgehead atoms. The molecule has 0 radical (unpaired) electrons. The molecule has 0 aliphatic carbocycles. The lowest BCUT2D eigenvalue weighted by atomic mass is 9.99. The average molecular weight is 373 g/mol. The first-order valence-electron chi connectivity index (χ1n) is 9.94. The number of carbonyl (C=O) groups is 2. The molecule has 1 aromatic carbocycles. The Kier molecular flexibility index (Phi) is 6.37. The molecule has 2 aliphatic heterocycles. The minimum atomic E-state index is -0.394. The molecule has 27 heavy (non-hydrogen) atoms. The molecular weight excluding hydrogens is 342 g/mol. The molecule has 0 spiro atoms. The van der Waals surface area contributed by atoms with Gasteiger partial charge in [0.05, 0.1) is 19.6 Å². The largest absolute Gasteiger partial charge is 0.496 e. The van der Waals surface area contributed by atoms with Gasteiger partial charge in [-0.1, -0.05) is 6.07 Å². The number of nitrogens with zero attached hydrogens (tertiary/aromatic N) is 2. The van der Waals surface area contributed by atoms with Crippen LogP contribution in [0.15, 0.2) is 12.1 Å². The molecule has 148 valence electrons. The van der Waals surface area contributed by atoms with Gasteiger partial charge in [0.15, 0.2) is 0 Å².